The van der Waals surface area contributed by atoms with E-state index in [1.165, 1.54) is 0 Å². The van der Waals surface area contributed by atoms with Crippen LogP contribution in [-0.2, 0) is 0 Å². The Bertz CT molecular complexity index is 455. The highest BCUT2D eigenvalue weighted by molar-refractivity contribution is 5.89. The van der Waals surface area contributed by atoms with E-state index in [4.69, 9.17) is 5.11 Å². The molecule has 0 aliphatic rings. The summed E-state index contributed by atoms with van der Waals surface area (Å²) in [5.41, 5.74) is -0.439. The van der Waals surface area contributed by atoms with Crippen molar-refractivity contribution in [3.05, 3.63) is 29.6 Å². The third kappa shape index (κ3) is 4.78. The Balaban J connectivity index is 2.55. The van der Waals surface area contributed by atoms with Crippen molar-refractivity contribution in [2.45, 2.75) is 13.3 Å². The Hall–Kier alpha value is -1.76. The van der Waals surface area contributed by atoms with Gasteiger partial charge in [-0.3, -0.25) is 0 Å². The lowest BCUT2D eigenvalue weighted by Crippen LogP contribution is -2.32. The van der Waals surface area contributed by atoms with E-state index in [0.717, 1.165) is 0 Å². The lowest BCUT2D eigenvalue weighted by Gasteiger charge is -2.12. The Labute approximate surface area is 108 Å². The van der Waals surface area contributed by atoms with Crippen molar-refractivity contribution in [2.75, 3.05) is 18.5 Å². The largest absolute Gasteiger partial charge is 0.396 e. The van der Waals surface area contributed by atoms with E-state index < -0.39 is 29.2 Å². The molecule has 106 valence electrons. The van der Waals surface area contributed by atoms with Gasteiger partial charge in [-0.05, 0) is 12.3 Å². The third-order valence-corrected chi connectivity index (χ3v) is 2.49. The number of nitrogens with one attached hydrogen (secondary N) is 2. The molecule has 0 bridgehead atoms. The second kappa shape index (κ2) is 6.98. The van der Waals surface area contributed by atoms with Gasteiger partial charge in [-0.2, -0.15) is 0 Å². The summed E-state index contributed by atoms with van der Waals surface area (Å²) in [5, 5.41) is 13.2. The molecule has 1 aromatic rings. The molecule has 0 fully saturated rings. The molecule has 0 heterocycles. The number of amides is 2. The molecule has 1 unspecified atom stereocenters. The van der Waals surface area contributed by atoms with Crippen LogP contribution in [0.4, 0.5) is 23.7 Å². The van der Waals surface area contributed by atoms with Crippen molar-refractivity contribution in [1.82, 2.24) is 5.32 Å². The highest BCUT2D eigenvalue weighted by Gasteiger charge is 2.12. The highest BCUT2D eigenvalue weighted by Crippen LogP contribution is 2.18. The number of carbonyl (C=O) groups excluding carboxylic acids is 1. The van der Waals surface area contributed by atoms with Crippen molar-refractivity contribution in [2.24, 2.45) is 5.92 Å². The average Bonchev–Trinajstić information content (AvgIpc) is 2.34. The maximum atomic E-state index is 13.2. The van der Waals surface area contributed by atoms with Crippen molar-refractivity contribution in [3.63, 3.8) is 0 Å². The number of carbonyl (C=O) groups is 1. The summed E-state index contributed by atoms with van der Waals surface area (Å²) in [7, 11) is 0. The van der Waals surface area contributed by atoms with Gasteiger partial charge >= 0.3 is 6.03 Å². The van der Waals surface area contributed by atoms with Crippen LogP contribution in [0.15, 0.2) is 12.1 Å². The first-order valence-electron chi connectivity index (χ1n) is 5.74. The normalized spacial score (nSPS) is 12.1. The third-order valence-electron chi connectivity index (χ3n) is 2.49. The Morgan fingerprint density at radius 1 is 1.26 bits per heavy atom. The van der Waals surface area contributed by atoms with Crippen molar-refractivity contribution in [3.8, 4) is 0 Å². The lowest BCUT2D eigenvalue weighted by molar-refractivity contribution is 0.243. The fourth-order valence-corrected chi connectivity index (χ4v) is 1.37. The number of benzene rings is 1. The van der Waals surface area contributed by atoms with E-state index in [1.807, 2.05) is 6.92 Å². The fourth-order valence-electron chi connectivity index (χ4n) is 1.37. The van der Waals surface area contributed by atoms with Gasteiger partial charge in [0.2, 0.25) is 0 Å². The summed E-state index contributed by atoms with van der Waals surface area (Å²) in [6.45, 7) is 2.09. The van der Waals surface area contributed by atoms with Crippen molar-refractivity contribution < 1.29 is 23.1 Å². The van der Waals surface area contributed by atoms with Gasteiger partial charge in [0.25, 0.3) is 0 Å². The minimum atomic E-state index is -1.32. The van der Waals surface area contributed by atoms with Gasteiger partial charge in [0.15, 0.2) is 11.6 Å². The van der Waals surface area contributed by atoms with Gasteiger partial charge in [0.05, 0.1) is 5.69 Å². The summed E-state index contributed by atoms with van der Waals surface area (Å²) < 4.78 is 38.8. The van der Waals surface area contributed by atoms with E-state index in [9.17, 15) is 18.0 Å². The minimum Gasteiger partial charge on any atom is -0.396 e. The predicted octanol–water partition coefficient (Wildman–Crippen LogP) is 2.24. The van der Waals surface area contributed by atoms with Gasteiger partial charge in [0, 0.05) is 25.3 Å². The highest BCUT2D eigenvalue weighted by atomic mass is 19.2. The molecule has 3 N–H and O–H groups in total. The zero-order chi connectivity index (χ0) is 14.4. The molecule has 7 heteroatoms. The van der Waals surface area contributed by atoms with Crippen molar-refractivity contribution in [1.29, 1.82) is 0 Å². The molecule has 4 nitrogen and oxygen atoms in total. The molecular formula is C12H15F3N2O2. The van der Waals surface area contributed by atoms with Crippen LogP contribution in [-0.4, -0.2) is 24.3 Å². The van der Waals surface area contributed by atoms with Crippen molar-refractivity contribution >= 4 is 11.7 Å². The quantitative estimate of drug-likeness (QED) is 0.722. The van der Waals surface area contributed by atoms with Gasteiger partial charge < -0.3 is 15.7 Å². The maximum Gasteiger partial charge on any atom is 0.319 e. The second-order valence-corrected chi connectivity index (χ2v) is 4.20. The molecule has 0 saturated heterocycles. The first-order chi connectivity index (χ1) is 8.93. The number of aliphatic hydroxyl groups is 1. The first-order valence-corrected chi connectivity index (χ1v) is 5.74. The van der Waals surface area contributed by atoms with Crippen LogP contribution in [0.2, 0.25) is 0 Å². The molecule has 1 aromatic carbocycles. The molecule has 0 aliphatic carbocycles. The van der Waals surface area contributed by atoms with Gasteiger partial charge in [-0.1, -0.05) is 6.92 Å². The zero-order valence-corrected chi connectivity index (χ0v) is 10.3. The molecule has 0 aromatic heterocycles. The molecule has 0 saturated carbocycles. The van der Waals surface area contributed by atoms with E-state index in [0.29, 0.717) is 18.6 Å². The summed E-state index contributed by atoms with van der Waals surface area (Å²) in [4.78, 5) is 11.4. The van der Waals surface area contributed by atoms with Gasteiger partial charge in [-0.15, -0.1) is 0 Å². The standard InChI is InChI=1S/C12H15F3N2O2/c1-7(2-3-18)6-16-12(19)17-11-5-9(14)8(13)4-10(11)15/h4-5,7,18H,2-3,6H2,1H3,(H2,16,17,19). The van der Waals surface area contributed by atoms with E-state index in [2.05, 4.69) is 10.6 Å². The fraction of sp³-hybridized carbons (Fsp3) is 0.417. The van der Waals surface area contributed by atoms with Crippen LogP contribution < -0.4 is 10.6 Å². The summed E-state index contributed by atoms with van der Waals surface area (Å²) in [6, 6.07) is 0.204. The SMILES string of the molecule is CC(CCO)CNC(=O)Nc1cc(F)c(F)cc1F. The molecule has 0 aliphatic heterocycles. The Morgan fingerprint density at radius 3 is 2.53 bits per heavy atom. The van der Waals surface area contributed by atoms with Crippen LogP contribution in [0.25, 0.3) is 0 Å². The molecule has 19 heavy (non-hydrogen) atoms. The minimum absolute atomic E-state index is 0.00225. The number of urea groups is 1. The molecule has 1 rings (SSSR count). The average molecular weight is 276 g/mol. The van der Waals surface area contributed by atoms with Crippen LogP contribution in [0, 0.1) is 23.4 Å². The molecule has 0 spiro atoms. The predicted molar refractivity (Wildman–Crippen MR) is 64.2 cm³/mol. The van der Waals surface area contributed by atoms with Crippen LogP contribution >= 0.6 is 0 Å². The molecule has 2 amide bonds. The van der Waals surface area contributed by atoms with Crippen LogP contribution in [0.3, 0.4) is 0 Å². The monoisotopic (exact) mass is 276 g/mol. The number of aliphatic hydroxyl groups excluding tert-OH is 1. The van der Waals surface area contributed by atoms with Gasteiger partial charge in [-0.25, -0.2) is 18.0 Å². The lowest BCUT2D eigenvalue weighted by atomic mass is 10.1. The number of rotatable bonds is 5. The second-order valence-electron chi connectivity index (χ2n) is 4.20. The van der Waals surface area contributed by atoms with Crippen LogP contribution in [0.1, 0.15) is 13.3 Å². The smallest absolute Gasteiger partial charge is 0.319 e. The number of hydrogen-bond acceptors (Lipinski definition) is 2. The number of anilines is 1. The summed E-state index contributed by atoms with van der Waals surface area (Å²) in [5.74, 6) is -3.58. The molecule has 0 radical (unpaired) electrons. The topological polar surface area (TPSA) is 61.4 Å². The maximum absolute atomic E-state index is 13.2. The summed E-state index contributed by atoms with van der Waals surface area (Å²) >= 11 is 0. The zero-order valence-electron chi connectivity index (χ0n) is 10.3. The first kappa shape index (κ1) is 15.3. The molecule has 1 atom stereocenters. The number of hydrogen-bond donors (Lipinski definition) is 3. The van der Waals surface area contributed by atoms with Gasteiger partial charge in [0.1, 0.15) is 5.82 Å². The Kier molecular flexibility index (Phi) is 5.62. The van der Waals surface area contributed by atoms with E-state index >= 15 is 0 Å². The van der Waals surface area contributed by atoms with E-state index in [-0.39, 0.29) is 19.1 Å². The molecular weight excluding hydrogens is 261 g/mol. The van der Waals surface area contributed by atoms with Crippen LogP contribution in [0.5, 0.6) is 0 Å². The van der Waals surface area contributed by atoms with E-state index in [1.54, 1.807) is 0 Å². The summed E-state index contributed by atoms with van der Waals surface area (Å²) in [6.07, 6.45) is 0.514. The Morgan fingerprint density at radius 2 is 1.89 bits per heavy atom. The number of halogens is 3.